The number of carbonyl (C=O) groups is 1. The summed E-state index contributed by atoms with van der Waals surface area (Å²) in [5.41, 5.74) is 3.06. The van der Waals surface area contributed by atoms with Crippen LogP contribution in [0.1, 0.15) is 15.9 Å². The fourth-order valence-corrected chi connectivity index (χ4v) is 3.56. The number of ether oxygens (including phenoxy) is 3. The SMILES string of the molecule is Cc1ccccc1-c1nnc(-c2ccc(C(=O)NCC(O)COc3ccc4c(c3)OCO4)cc2)o1. The normalized spacial score (nSPS) is 12.9. The largest absolute Gasteiger partial charge is 0.491 e. The van der Waals surface area contributed by atoms with E-state index >= 15 is 0 Å². The molecule has 0 spiro atoms. The molecule has 9 heteroatoms. The molecule has 5 rings (SSSR count). The molecule has 1 unspecified atom stereocenters. The first-order chi connectivity index (χ1) is 17.1. The van der Waals surface area contributed by atoms with Crippen molar-refractivity contribution in [3.8, 4) is 40.2 Å². The number of aryl methyl sites for hydroxylation is 1. The van der Waals surface area contributed by atoms with Crippen molar-refractivity contribution < 1.29 is 28.5 Å². The van der Waals surface area contributed by atoms with E-state index in [2.05, 4.69) is 15.5 Å². The summed E-state index contributed by atoms with van der Waals surface area (Å²) in [6.45, 7) is 2.21. The summed E-state index contributed by atoms with van der Waals surface area (Å²) in [7, 11) is 0. The quantitative estimate of drug-likeness (QED) is 0.399. The van der Waals surface area contributed by atoms with Crippen molar-refractivity contribution in [3.05, 3.63) is 77.9 Å². The summed E-state index contributed by atoms with van der Waals surface area (Å²) in [6.07, 6.45) is -0.887. The zero-order valence-electron chi connectivity index (χ0n) is 18.9. The van der Waals surface area contributed by atoms with E-state index in [4.69, 9.17) is 18.6 Å². The van der Waals surface area contributed by atoms with Crippen LogP contribution in [0.5, 0.6) is 17.2 Å². The van der Waals surface area contributed by atoms with E-state index in [1.807, 2.05) is 31.2 Å². The molecule has 3 aromatic carbocycles. The van der Waals surface area contributed by atoms with E-state index in [1.54, 1.807) is 42.5 Å². The maximum Gasteiger partial charge on any atom is 0.251 e. The van der Waals surface area contributed by atoms with Crippen molar-refractivity contribution >= 4 is 5.91 Å². The van der Waals surface area contributed by atoms with Gasteiger partial charge >= 0.3 is 0 Å². The topological polar surface area (TPSA) is 116 Å². The van der Waals surface area contributed by atoms with Crippen LogP contribution in [-0.2, 0) is 0 Å². The molecule has 1 aliphatic heterocycles. The van der Waals surface area contributed by atoms with E-state index in [1.165, 1.54) is 0 Å². The Hall–Kier alpha value is -4.37. The lowest BCUT2D eigenvalue weighted by atomic mass is 10.1. The lowest BCUT2D eigenvalue weighted by Gasteiger charge is -2.13. The minimum absolute atomic E-state index is 0.0131. The molecule has 0 saturated carbocycles. The monoisotopic (exact) mass is 473 g/mol. The Balaban J connectivity index is 1.13. The third kappa shape index (κ3) is 5.10. The van der Waals surface area contributed by atoms with Gasteiger partial charge < -0.3 is 29.1 Å². The van der Waals surface area contributed by atoms with Crippen molar-refractivity contribution in [1.29, 1.82) is 0 Å². The van der Waals surface area contributed by atoms with Gasteiger partial charge in [0.05, 0.1) is 0 Å². The summed E-state index contributed by atoms with van der Waals surface area (Å²) in [5.74, 6) is 2.29. The molecule has 1 amide bonds. The molecule has 1 atom stereocenters. The van der Waals surface area contributed by atoms with Gasteiger partial charge in [-0.3, -0.25) is 4.79 Å². The molecule has 35 heavy (non-hydrogen) atoms. The van der Waals surface area contributed by atoms with Crippen LogP contribution in [0.4, 0.5) is 0 Å². The molecule has 1 aromatic heterocycles. The van der Waals surface area contributed by atoms with E-state index < -0.39 is 6.10 Å². The smallest absolute Gasteiger partial charge is 0.251 e. The van der Waals surface area contributed by atoms with E-state index in [9.17, 15) is 9.90 Å². The lowest BCUT2D eigenvalue weighted by molar-refractivity contribution is 0.0843. The van der Waals surface area contributed by atoms with Gasteiger partial charge in [0.25, 0.3) is 5.91 Å². The van der Waals surface area contributed by atoms with Crippen LogP contribution in [0.15, 0.2) is 71.1 Å². The van der Waals surface area contributed by atoms with Gasteiger partial charge in [-0.1, -0.05) is 18.2 Å². The van der Waals surface area contributed by atoms with Crippen molar-refractivity contribution in [2.75, 3.05) is 19.9 Å². The minimum Gasteiger partial charge on any atom is -0.491 e. The molecular weight excluding hydrogens is 450 g/mol. The van der Waals surface area contributed by atoms with E-state index in [-0.39, 0.29) is 25.9 Å². The van der Waals surface area contributed by atoms with Gasteiger partial charge in [-0.2, -0.15) is 0 Å². The Morgan fingerprint density at radius 3 is 2.63 bits per heavy atom. The number of hydrogen-bond acceptors (Lipinski definition) is 8. The number of amides is 1. The highest BCUT2D eigenvalue weighted by molar-refractivity contribution is 5.94. The van der Waals surface area contributed by atoms with Gasteiger partial charge in [0.1, 0.15) is 18.5 Å². The fraction of sp³-hybridized carbons (Fsp3) is 0.192. The number of carbonyl (C=O) groups excluding carboxylic acids is 1. The van der Waals surface area contributed by atoms with Crippen molar-refractivity contribution in [3.63, 3.8) is 0 Å². The molecule has 2 N–H and O–H groups in total. The Bertz CT molecular complexity index is 1340. The molecule has 2 heterocycles. The van der Waals surface area contributed by atoms with E-state index in [0.717, 1.165) is 11.1 Å². The van der Waals surface area contributed by atoms with Crippen LogP contribution in [-0.4, -0.2) is 47.3 Å². The molecule has 178 valence electrons. The molecule has 0 saturated heterocycles. The maximum absolute atomic E-state index is 12.5. The average Bonchev–Trinajstić information content (AvgIpc) is 3.56. The molecule has 0 bridgehead atoms. The van der Waals surface area contributed by atoms with Crippen molar-refractivity contribution in [2.45, 2.75) is 13.0 Å². The number of aliphatic hydroxyl groups is 1. The van der Waals surface area contributed by atoms with Crippen molar-refractivity contribution in [1.82, 2.24) is 15.5 Å². The van der Waals surface area contributed by atoms with Gasteiger partial charge in [0.15, 0.2) is 11.5 Å². The molecule has 9 nitrogen and oxygen atoms in total. The Kier molecular flexibility index (Phi) is 6.32. The number of fused-ring (bicyclic) bond motifs is 1. The lowest BCUT2D eigenvalue weighted by Crippen LogP contribution is -2.35. The number of nitrogens with zero attached hydrogens (tertiary/aromatic N) is 2. The first-order valence-electron chi connectivity index (χ1n) is 11.1. The highest BCUT2D eigenvalue weighted by Gasteiger charge is 2.16. The second kappa shape index (κ2) is 9.86. The summed E-state index contributed by atoms with van der Waals surface area (Å²) in [4.78, 5) is 12.5. The summed E-state index contributed by atoms with van der Waals surface area (Å²) in [5, 5.41) is 21.1. The highest BCUT2D eigenvalue weighted by Crippen LogP contribution is 2.35. The van der Waals surface area contributed by atoms with Gasteiger partial charge in [-0.15, -0.1) is 10.2 Å². The predicted molar refractivity (Wildman–Crippen MR) is 126 cm³/mol. The molecule has 0 aliphatic carbocycles. The van der Waals surface area contributed by atoms with Crippen LogP contribution in [0.2, 0.25) is 0 Å². The Labute approximate surface area is 201 Å². The standard InChI is InChI=1S/C26H23N3O6/c1-16-4-2-3-5-21(16)26-29-28-25(35-26)18-8-6-17(7-9-18)24(31)27-13-19(30)14-32-20-10-11-22-23(12-20)34-15-33-22/h2-12,19,30H,13-15H2,1H3,(H,27,31). The number of aliphatic hydroxyl groups excluding tert-OH is 1. The molecular formula is C26H23N3O6. The zero-order valence-corrected chi connectivity index (χ0v) is 18.9. The van der Waals surface area contributed by atoms with Gasteiger partial charge in [-0.05, 0) is 55.0 Å². The van der Waals surface area contributed by atoms with Crippen LogP contribution >= 0.6 is 0 Å². The minimum atomic E-state index is -0.887. The van der Waals surface area contributed by atoms with Gasteiger partial charge in [0.2, 0.25) is 18.6 Å². The molecule has 1 aliphatic rings. The highest BCUT2D eigenvalue weighted by atomic mass is 16.7. The average molecular weight is 473 g/mol. The fourth-order valence-electron chi connectivity index (χ4n) is 3.56. The number of nitrogens with one attached hydrogen (secondary N) is 1. The number of benzene rings is 3. The molecule has 4 aromatic rings. The van der Waals surface area contributed by atoms with Crippen molar-refractivity contribution in [2.24, 2.45) is 0 Å². The van der Waals surface area contributed by atoms with Crippen LogP contribution in [0.25, 0.3) is 22.9 Å². The first-order valence-corrected chi connectivity index (χ1v) is 11.1. The second-order valence-electron chi connectivity index (χ2n) is 7.99. The zero-order chi connectivity index (χ0) is 24.2. The molecule has 0 fully saturated rings. The predicted octanol–water partition coefficient (Wildman–Crippen LogP) is 3.61. The maximum atomic E-state index is 12.5. The van der Waals surface area contributed by atoms with Gasteiger partial charge in [-0.25, -0.2) is 0 Å². The first kappa shape index (κ1) is 22.4. The van der Waals surface area contributed by atoms with Crippen LogP contribution in [0, 0.1) is 6.92 Å². The van der Waals surface area contributed by atoms with Crippen LogP contribution < -0.4 is 19.5 Å². The van der Waals surface area contributed by atoms with Gasteiger partial charge in [0, 0.05) is 29.3 Å². The Morgan fingerprint density at radius 2 is 1.80 bits per heavy atom. The molecule has 0 radical (unpaired) electrons. The number of hydrogen-bond donors (Lipinski definition) is 2. The van der Waals surface area contributed by atoms with E-state index in [0.29, 0.717) is 40.2 Å². The number of rotatable bonds is 8. The third-order valence-electron chi connectivity index (χ3n) is 5.48. The summed E-state index contributed by atoms with van der Waals surface area (Å²) < 4.78 is 22.0. The second-order valence-corrected chi connectivity index (χ2v) is 7.99. The van der Waals surface area contributed by atoms with Crippen LogP contribution in [0.3, 0.4) is 0 Å². The number of aromatic nitrogens is 2. The summed E-state index contributed by atoms with van der Waals surface area (Å²) in [6, 6.07) is 19.7. The Morgan fingerprint density at radius 1 is 1.03 bits per heavy atom. The third-order valence-corrected chi connectivity index (χ3v) is 5.48. The summed E-state index contributed by atoms with van der Waals surface area (Å²) >= 11 is 0.